The van der Waals surface area contributed by atoms with Gasteiger partial charge in [0.1, 0.15) is 5.76 Å². The Bertz CT molecular complexity index is 334. The molecule has 0 aliphatic rings. The zero-order valence-corrected chi connectivity index (χ0v) is 7.51. The number of hydrogen-bond acceptors (Lipinski definition) is 4. The van der Waals surface area contributed by atoms with Gasteiger partial charge in [0.15, 0.2) is 5.15 Å². The van der Waals surface area contributed by atoms with Crippen LogP contribution in [-0.4, -0.2) is 12.1 Å². The molecule has 0 unspecified atom stereocenters. The zero-order valence-electron chi connectivity index (χ0n) is 6.76. The van der Waals surface area contributed by atoms with Crippen LogP contribution in [0.3, 0.4) is 0 Å². The summed E-state index contributed by atoms with van der Waals surface area (Å²) in [7, 11) is 1.33. The molecule has 0 aliphatic carbocycles. The van der Waals surface area contributed by atoms with Crippen LogP contribution in [0.4, 0.5) is 0 Å². The molecule has 0 bridgehead atoms. The fourth-order valence-corrected chi connectivity index (χ4v) is 0.991. The lowest BCUT2D eigenvalue weighted by Gasteiger charge is -1.99. The fraction of sp³-hybridized carbons (Fsp3) is 0.429. The van der Waals surface area contributed by atoms with Crippen LogP contribution in [0.15, 0.2) is 9.21 Å². The van der Waals surface area contributed by atoms with Crippen molar-refractivity contribution in [2.75, 3.05) is 7.11 Å². The first kappa shape index (κ1) is 9.06. The van der Waals surface area contributed by atoms with Gasteiger partial charge in [-0.25, -0.2) is 4.79 Å². The summed E-state index contributed by atoms with van der Waals surface area (Å²) < 4.78 is 9.43. The summed E-state index contributed by atoms with van der Waals surface area (Å²) in [6, 6.07) is 0. The number of aromatic nitrogens is 1. The molecule has 0 saturated heterocycles. The number of rotatable bonds is 2. The summed E-state index contributed by atoms with van der Waals surface area (Å²) >= 11 is 5.66. The second-order valence-electron chi connectivity index (χ2n) is 2.08. The largest absolute Gasteiger partial charge is 0.476 e. The second-order valence-corrected chi connectivity index (χ2v) is 2.44. The van der Waals surface area contributed by atoms with Crippen LogP contribution < -0.4 is 10.4 Å². The summed E-state index contributed by atoms with van der Waals surface area (Å²) in [5, 5.41) is 0.175. The molecular formula is C7H8ClNO3. The molecule has 1 rings (SSSR count). The average molecular weight is 190 g/mol. The molecule has 0 radical (unpaired) electrons. The van der Waals surface area contributed by atoms with Gasteiger partial charge in [-0.15, -0.1) is 0 Å². The summed E-state index contributed by atoms with van der Waals surface area (Å²) in [5.74, 6) is 0.264. The van der Waals surface area contributed by atoms with Crippen molar-refractivity contribution in [1.29, 1.82) is 0 Å². The molecule has 0 fully saturated rings. The number of methoxy groups -OCH3 is 1. The Hall–Kier alpha value is -1.03. The fourth-order valence-electron chi connectivity index (χ4n) is 0.742. The molecule has 1 heterocycles. The molecule has 0 aromatic carbocycles. The minimum atomic E-state index is -0.598. The molecule has 1 aromatic rings. The quantitative estimate of drug-likeness (QED) is 0.703. The van der Waals surface area contributed by atoms with E-state index in [2.05, 4.69) is 9.72 Å². The minimum Gasteiger partial charge on any atom is -0.476 e. The van der Waals surface area contributed by atoms with Crippen LogP contribution in [0.1, 0.15) is 12.7 Å². The number of ether oxygens (including phenoxy) is 1. The minimum absolute atomic E-state index is 0.114. The normalized spacial score (nSPS) is 9.92. The Morgan fingerprint density at radius 3 is 2.83 bits per heavy atom. The molecule has 66 valence electrons. The van der Waals surface area contributed by atoms with Crippen LogP contribution in [0, 0.1) is 0 Å². The van der Waals surface area contributed by atoms with Crippen molar-refractivity contribution < 1.29 is 9.15 Å². The topological polar surface area (TPSA) is 52.3 Å². The lowest BCUT2D eigenvalue weighted by molar-refractivity contribution is 0.347. The molecule has 1 aromatic heterocycles. The van der Waals surface area contributed by atoms with E-state index in [4.69, 9.17) is 16.0 Å². The van der Waals surface area contributed by atoms with E-state index in [0.29, 0.717) is 12.2 Å². The van der Waals surface area contributed by atoms with E-state index < -0.39 is 5.63 Å². The van der Waals surface area contributed by atoms with Gasteiger partial charge in [0.2, 0.25) is 0 Å². The molecule has 0 saturated carbocycles. The smallest absolute Gasteiger partial charge is 0.399 e. The second kappa shape index (κ2) is 3.58. The lowest BCUT2D eigenvalue weighted by Crippen LogP contribution is -2.08. The summed E-state index contributed by atoms with van der Waals surface area (Å²) in [4.78, 5) is 14.7. The van der Waals surface area contributed by atoms with Gasteiger partial charge in [-0.05, 0) is 0 Å². The predicted octanol–water partition coefficient (Wildman–Crippen LogP) is 1.26. The van der Waals surface area contributed by atoms with Gasteiger partial charge in [0.05, 0.1) is 7.11 Å². The van der Waals surface area contributed by atoms with Crippen LogP contribution in [0.25, 0.3) is 0 Å². The van der Waals surface area contributed by atoms with E-state index in [-0.39, 0.29) is 11.0 Å². The van der Waals surface area contributed by atoms with Crippen LogP contribution in [0.2, 0.25) is 5.15 Å². The van der Waals surface area contributed by atoms with Crippen molar-refractivity contribution in [2.24, 2.45) is 0 Å². The van der Waals surface area contributed by atoms with Gasteiger partial charge in [-0.1, -0.05) is 18.5 Å². The zero-order chi connectivity index (χ0) is 9.14. The van der Waals surface area contributed by atoms with E-state index >= 15 is 0 Å². The Balaban J connectivity index is 3.26. The Kier molecular flexibility index (Phi) is 2.70. The molecule has 5 heteroatoms. The average Bonchev–Trinajstić information content (AvgIpc) is 2.08. The van der Waals surface area contributed by atoms with E-state index in [1.165, 1.54) is 7.11 Å². The molecule has 0 aliphatic heterocycles. The first-order valence-corrected chi connectivity index (χ1v) is 3.80. The first-order chi connectivity index (χ1) is 5.69. The summed E-state index contributed by atoms with van der Waals surface area (Å²) in [6.07, 6.45) is 0.533. The van der Waals surface area contributed by atoms with E-state index in [1.807, 2.05) is 6.92 Å². The van der Waals surface area contributed by atoms with Crippen molar-refractivity contribution in [3.8, 4) is 5.88 Å². The Labute approximate surface area is 74.1 Å². The van der Waals surface area contributed by atoms with Gasteiger partial charge >= 0.3 is 11.5 Å². The van der Waals surface area contributed by atoms with Crippen LogP contribution >= 0.6 is 11.6 Å². The van der Waals surface area contributed by atoms with Crippen molar-refractivity contribution in [3.05, 3.63) is 21.3 Å². The maximum Gasteiger partial charge on any atom is 0.399 e. The van der Waals surface area contributed by atoms with Crippen molar-refractivity contribution in [3.63, 3.8) is 0 Å². The van der Waals surface area contributed by atoms with E-state index in [1.54, 1.807) is 0 Å². The molecule has 0 spiro atoms. The molecule has 0 atom stereocenters. The van der Waals surface area contributed by atoms with Gasteiger partial charge in [-0.2, -0.15) is 4.98 Å². The highest BCUT2D eigenvalue weighted by molar-refractivity contribution is 6.29. The van der Waals surface area contributed by atoms with Crippen LogP contribution in [-0.2, 0) is 6.42 Å². The highest BCUT2D eigenvalue weighted by atomic mass is 35.5. The van der Waals surface area contributed by atoms with Crippen LogP contribution in [0.5, 0.6) is 5.88 Å². The lowest BCUT2D eigenvalue weighted by atomic mass is 10.4. The third-order valence-corrected chi connectivity index (χ3v) is 1.63. The molecule has 12 heavy (non-hydrogen) atoms. The number of nitrogens with zero attached hydrogens (tertiary/aromatic N) is 1. The SMILES string of the molecule is CCc1oc(=O)c(OC)nc1Cl. The number of aryl methyl sites for hydroxylation is 1. The third kappa shape index (κ3) is 1.58. The Morgan fingerprint density at radius 1 is 1.67 bits per heavy atom. The maximum atomic E-state index is 11.0. The molecule has 4 nitrogen and oxygen atoms in total. The monoisotopic (exact) mass is 189 g/mol. The standard InChI is InChI=1S/C7H8ClNO3/c1-3-4-5(8)9-6(11-2)7(10)12-4/h3H2,1-2H3. The maximum absolute atomic E-state index is 11.0. The Morgan fingerprint density at radius 2 is 2.33 bits per heavy atom. The summed E-state index contributed by atoms with van der Waals surface area (Å²) in [6.45, 7) is 1.82. The van der Waals surface area contributed by atoms with E-state index in [9.17, 15) is 4.79 Å². The highest BCUT2D eigenvalue weighted by Crippen LogP contribution is 2.13. The van der Waals surface area contributed by atoms with Crippen molar-refractivity contribution >= 4 is 11.6 Å². The van der Waals surface area contributed by atoms with Gasteiger partial charge < -0.3 is 9.15 Å². The number of hydrogen-bond donors (Lipinski definition) is 0. The predicted molar refractivity (Wildman–Crippen MR) is 43.7 cm³/mol. The van der Waals surface area contributed by atoms with E-state index in [0.717, 1.165) is 0 Å². The first-order valence-electron chi connectivity index (χ1n) is 3.42. The van der Waals surface area contributed by atoms with Crippen molar-refractivity contribution in [2.45, 2.75) is 13.3 Å². The number of halogens is 1. The highest BCUT2D eigenvalue weighted by Gasteiger charge is 2.09. The van der Waals surface area contributed by atoms with Gasteiger partial charge in [0.25, 0.3) is 0 Å². The van der Waals surface area contributed by atoms with Gasteiger partial charge in [0, 0.05) is 6.42 Å². The molecular weight excluding hydrogens is 182 g/mol. The van der Waals surface area contributed by atoms with Crippen molar-refractivity contribution in [1.82, 2.24) is 4.98 Å². The van der Waals surface area contributed by atoms with Gasteiger partial charge in [-0.3, -0.25) is 0 Å². The summed E-state index contributed by atoms with van der Waals surface area (Å²) in [5.41, 5.74) is -0.598. The molecule has 0 amide bonds. The third-order valence-electron chi connectivity index (χ3n) is 1.33. The molecule has 0 N–H and O–H groups in total.